The van der Waals surface area contributed by atoms with Gasteiger partial charge in [0.2, 0.25) is 5.41 Å². The van der Waals surface area contributed by atoms with Gasteiger partial charge >= 0.3 is 12.4 Å². The Labute approximate surface area is 279 Å². The largest absolute Gasteiger partial charge is 0.506 e. The van der Waals surface area contributed by atoms with Crippen molar-refractivity contribution in [3.8, 4) is 17.2 Å². The normalized spacial score (nSPS) is 14.0. The maximum Gasteiger partial charge on any atom is 0.411 e. The van der Waals surface area contributed by atoms with E-state index in [1.807, 2.05) is 0 Å². The monoisotopic (exact) mass is 752 g/mol. The summed E-state index contributed by atoms with van der Waals surface area (Å²) in [5.41, 5.74) is -6.85. The molecule has 4 aromatic carbocycles. The molecule has 0 spiro atoms. The van der Waals surface area contributed by atoms with Crippen molar-refractivity contribution in [3.63, 3.8) is 0 Å². The summed E-state index contributed by atoms with van der Waals surface area (Å²) in [6.07, 6.45) is -11.7. The van der Waals surface area contributed by atoms with Crippen molar-refractivity contribution >= 4 is 31.0 Å². The van der Waals surface area contributed by atoms with Gasteiger partial charge in [0.15, 0.2) is 0 Å². The fourth-order valence-corrected chi connectivity index (χ4v) is 7.45. The molecule has 0 aliphatic heterocycles. The number of phenolic OH excluding ortho intramolecular Hbond substituents is 1. The first-order valence-electron chi connectivity index (χ1n) is 13.6. The van der Waals surface area contributed by atoms with Gasteiger partial charge in [-0.05, 0) is 70.6 Å². The SMILES string of the molecule is CC(C)(C)c1ccc(C(c2ccc(Oc3ccc(S(=O)c4ccc(O)c(S(=O)(=O)O)c4)cc3S(=O)(=O)O)cc2)(C(F)(F)F)C(F)(F)F)cc1. The van der Waals surface area contributed by atoms with Gasteiger partial charge in [0.25, 0.3) is 20.2 Å². The maximum atomic E-state index is 14.6. The lowest BCUT2D eigenvalue weighted by molar-refractivity contribution is -0.288. The van der Waals surface area contributed by atoms with E-state index in [-0.39, 0.29) is 9.79 Å². The zero-order valence-corrected chi connectivity index (χ0v) is 27.8. The van der Waals surface area contributed by atoms with Gasteiger partial charge < -0.3 is 9.84 Å². The van der Waals surface area contributed by atoms with Crippen LogP contribution in [0.2, 0.25) is 0 Å². The van der Waals surface area contributed by atoms with Gasteiger partial charge in [-0.2, -0.15) is 43.2 Å². The average Bonchev–Trinajstić information content (AvgIpc) is 2.95. The van der Waals surface area contributed by atoms with Crippen LogP contribution in [0.3, 0.4) is 0 Å². The Morgan fingerprint density at radius 1 is 0.612 bits per heavy atom. The lowest BCUT2D eigenvalue weighted by atomic mass is 9.72. The fraction of sp³-hybridized carbons (Fsp3) is 0.226. The van der Waals surface area contributed by atoms with Crippen molar-refractivity contribution in [2.24, 2.45) is 0 Å². The Kier molecular flexibility index (Phi) is 9.83. The average molecular weight is 753 g/mol. The maximum absolute atomic E-state index is 14.6. The van der Waals surface area contributed by atoms with Gasteiger partial charge in [0, 0.05) is 9.79 Å². The molecule has 0 fully saturated rings. The quantitative estimate of drug-likeness (QED) is 0.122. The van der Waals surface area contributed by atoms with Crippen LogP contribution in [0.25, 0.3) is 0 Å². The van der Waals surface area contributed by atoms with Crippen molar-refractivity contribution in [2.75, 3.05) is 0 Å². The Balaban J connectivity index is 1.76. The summed E-state index contributed by atoms with van der Waals surface area (Å²) in [4.78, 5) is -2.71. The number of hydrogen-bond acceptors (Lipinski definition) is 7. The molecule has 3 N–H and O–H groups in total. The van der Waals surface area contributed by atoms with E-state index in [1.165, 1.54) is 12.1 Å². The van der Waals surface area contributed by atoms with Gasteiger partial charge in [-0.25, -0.2) is 4.21 Å². The molecule has 0 heterocycles. The molecule has 0 amide bonds. The Bertz CT molecular complexity index is 2110. The van der Waals surface area contributed by atoms with E-state index in [4.69, 9.17) is 4.74 Å². The van der Waals surface area contributed by atoms with Crippen LogP contribution in [0.5, 0.6) is 17.2 Å². The summed E-state index contributed by atoms with van der Waals surface area (Å²) in [6.45, 7) is 5.21. The highest BCUT2D eigenvalue weighted by Gasteiger charge is 2.72. The molecule has 18 heteroatoms. The first-order chi connectivity index (χ1) is 22.3. The molecule has 4 aromatic rings. The van der Waals surface area contributed by atoms with Gasteiger partial charge in [0.1, 0.15) is 27.0 Å². The highest BCUT2D eigenvalue weighted by molar-refractivity contribution is 7.87. The zero-order chi connectivity index (χ0) is 37.0. The molecule has 0 bridgehead atoms. The Morgan fingerprint density at radius 2 is 1.02 bits per heavy atom. The molecule has 0 saturated carbocycles. The summed E-state index contributed by atoms with van der Waals surface area (Å²) >= 11 is 0. The van der Waals surface area contributed by atoms with Crippen LogP contribution in [0.4, 0.5) is 26.3 Å². The molecule has 0 aliphatic rings. The lowest BCUT2D eigenvalue weighted by Crippen LogP contribution is -2.54. The number of phenols is 1. The van der Waals surface area contributed by atoms with Gasteiger partial charge in [-0.1, -0.05) is 57.2 Å². The second-order valence-electron chi connectivity index (χ2n) is 11.7. The van der Waals surface area contributed by atoms with Crippen LogP contribution in [0, 0.1) is 0 Å². The van der Waals surface area contributed by atoms with Crippen LogP contribution in [-0.2, 0) is 41.9 Å². The van der Waals surface area contributed by atoms with Gasteiger partial charge in [-0.3, -0.25) is 9.11 Å². The second kappa shape index (κ2) is 12.7. The number of halogens is 6. The van der Waals surface area contributed by atoms with E-state index >= 15 is 0 Å². The van der Waals surface area contributed by atoms with E-state index in [9.17, 15) is 61.6 Å². The number of ether oxygens (including phenoxy) is 1. The van der Waals surface area contributed by atoms with Crippen molar-refractivity contribution in [3.05, 3.63) is 102 Å². The molecule has 0 saturated heterocycles. The number of aromatic hydroxyl groups is 1. The van der Waals surface area contributed by atoms with Crippen LogP contribution in [0.15, 0.2) is 105 Å². The molecule has 0 radical (unpaired) electrons. The minimum Gasteiger partial charge on any atom is -0.506 e. The molecule has 1 atom stereocenters. The molecule has 9 nitrogen and oxygen atoms in total. The third-order valence-corrected chi connectivity index (χ3v) is 10.5. The Hall–Kier alpha value is -3.97. The highest BCUT2D eigenvalue weighted by Crippen LogP contribution is 2.56. The van der Waals surface area contributed by atoms with Gasteiger partial charge in [-0.15, -0.1) is 0 Å². The molecule has 1 unspecified atom stereocenters. The molecule has 49 heavy (non-hydrogen) atoms. The third-order valence-electron chi connectivity index (χ3n) is 7.38. The van der Waals surface area contributed by atoms with E-state index in [2.05, 4.69) is 0 Å². The summed E-state index contributed by atoms with van der Waals surface area (Å²) in [5, 5.41) is 9.71. The van der Waals surface area contributed by atoms with E-state index in [0.29, 0.717) is 29.8 Å². The number of alkyl halides is 6. The van der Waals surface area contributed by atoms with Crippen molar-refractivity contribution < 1.29 is 66.3 Å². The van der Waals surface area contributed by atoms with Crippen LogP contribution in [0.1, 0.15) is 37.5 Å². The van der Waals surface area contributed by atoms with E-state index < -0.39 is 92.4 Å². The first-order valence-corrected chi connectivity index (χ1v) is 17.7. The minimum atomic E-state index is -5.87. The summed E-state index contributed by atoms with van der Waals surface area (Å²) in [7, 11) is -12.5. The third kappa shape index (κ3) is 7.47. The fourth-order valence-electron chi connectivity index (χ4n) is 4.94. The van der Waals surface area contributed by atoms with Crippen molar-refractivity contribution in [1.82, 2.24) is 0 Å². The number of benzene rings is 4. The zero-order valence-electron chi connectivity index (χ0n) is 25.4. The minimum absolute atomic E-state index is 0.332. The molecule has 0 aliphatic carbocycles. The Morgan fingerprint density at radius 3 is 1.45 bits per heavy atom. The lowest BCUT2D eigenvalue weighted by Gasteiger charge is -2.38. The van der Waals surface area contributed by atoms with E-state index in [0.717, 1.165) is 48.5 Å². The molecular formula is C31H26F6O9S3. The summed E-state index contributed by atoms with van der Waals surface area (Å²) < 4.78 is 173. The summed E-state index contributed by atoms with van der Waals surface area (Å²) in [5.74, 6) is -1.99. The van der Waals surface area contributed by atoms with Crippen molar-refractivity contribution in [1.29, 1.82) is 0 Å². The van der Waals surface area contributed by atoms with Crippen LogP contribution < -0.4 is 4.74 Å². The van der Waals surface area contributed by atoms with Crippen molar-refractivity contribution in [2.45, 2.75) is 63.5 Å². The predicted molar refractivity (Wildman–Crippen MR) is 163 cm³/mol. The van der Waals surface area contributed by atoms with E-state index in [1.54, 1.807) is 20.8 Å². The molecule has 0 aromatic heterocycles. The molecule has 4 rings (SSSR count). The van der Waals surface area contributed by atoms with Crippen LogP contribution >= 0.6 is 0 Å². The predicted octanol–water partition coefficient (Wildman–Crippen LogP) is 7.55. The van der Waals surface area contributed by atoms with Crippen LogP contribution in [-0.4, -0.2) is 47.6 Å². The molecular weight excluding hydrogens is 727 g/mol. The highest BCUT2D eigenvalue weighted by atomic mass is 32.2. The second-order valence-corrected chi connectivity index (χ2v) is 15.9. The summed E-state index contributed by atoms with van der Waals surface area (Å²) in [6, 6.07) is 11.4. The molecule has 264 valence electrons. The first kappa shape index (κ1) is 37.8. The smallest absolute Gasteiger partial charge is 0.411 e. The topological polar surface area (TPSA) is 155 Å². The standard InChI is InChI=1S/C31H26F6O9S3/c1-28(2,3)18-4-6-19(7-5-18)29(30(32,33)34,31(35,36)37)20-8-10-21(11-9-20)46-25-15-13-23(17-27(25)49(43,44)45)47(39)22-12-14-24(38)26(16-22)48(40,41)42/h4-17,38H,1-3H3,(H,40,41,42)(H,43,44,45). The van der Waals surface area contributed by atoms with Gasteiger partial charge in [0.05, 0.1) is 10.8 Å². The number of hydrogen-bond donors (Lipinski definition) is 3. The number of rotatable bonds is 8.